The first-order chi connectivity index (χ1) is 8.47. The summed E-state index contributed by atoms with van der Waals surface area (Å²) in [7, 11) is 0. The van der Waals surface area contributed by atoms with Gasteiger partial charge in [-0.15, -0.1) is 0 Å². The van der Waals surface area contributed by atoms with Crippen LogP contribution in [0.3, 0.4) is 0 Å². The Morgan fingerprint density at radius 2 is 2.11 bits per heavy atom. The quantitative estimate of drug-likeness (QED) is 0.872. The van der Waals surface area contributed by atoms with E-state index in [0.29, 0.717) is 5.02 Å². The zero-order valence-electron chi connectivity index (χ0n) is 10.4. The fourth-order valence-electron chi connectivity index (χ4n) is 1.88. The Kier molecular flexibility index (Phi) is 3.97. The molecule has 0 saturated heterocycles. The molecule has 5 heteroatoms. The Bertz CT molecular complexity index is 568. The monoisotopic (exact) mass is 328 g/mol. The second-order valence-electron chi connectivity index (χ2n) is 4.22. The van der Waals surface area contributed by atoms with Gasteiger partial charge in [-0.25, -0.2) is 4.98 Å². The van der Waals surface area contributed by atoms with Gasteiger partial charge in [-0.05, 0) is 48.8 Å². The van der Waals surface area contributed by atoms with Gasteiger partial charge in [-0.1, -0.05) is 11.6 Å². The van der Waals surface area contributed by atoms with Crippen molar-refractivity contribution in [1.29, 1.82) is 0 Å². The van der Waals surface area contributed by atoms with Crippen LogP contribution >= 0.6 is 27.5 Å². The standard InChI is InChI=1S/C13H14BrClN2O/c1-7-4-11(9(3)18-7)8(2)17-13-12(14)5-10(15)6-16-13/h4-6,8H,1-3H3,(H,16,17). The fraction of sp³-hybridized carbons (Fsp3) is 0.308. The van der Waals surface area contributed by atoms with Crippen LogP contribution in [-0.4, -0.2) is 4.98 Å². The molecule has 1 unspecified atom stereocenters. The van der Waals surface area contributed by atoms with E-state index >= 15 is 0 Å². The van der Waals surface area contributed by atoms with Crippen molar-refractivity contribution >= 4 is 33.3 Å². The first kappa shape index (κ1) is 13.4. The third kappa shape index (κ3) is 2.87. The van der Waals surface area contributed by atoms with Crippen molar-refractivity contribution < 1.29 is 4.42 Å². The van der Waals surface area contributed by atoms with E-state index < -0.39 is 0 Å². The number of rotatable bonds is 3. The van der Waals surface area contributed by atoms with E-state index in [-0.39, 0.29) is 6.04 Å². The molecule has 0 bridgehead atoms. The van der Waals surface area contributed by atoms with Gasteiger partial charge in [0.15, 0.2) is 0 Å². The van der Waals surface area contributed by atoms with Crippen LogP contribution in [0.15, 0.2) is 27.2 Å². The molecule has 96 valence electrons. The lowest BCUT2D eigenvalue weighted by Gasteiger charge is -2.15. The van der Waals surface area contributed by atoms with Crippen molar-refractivity contribution in [3.05, 3.63) is 44.9 Å². The molecule has 2 aromatic rings. The van der Waals surface area contributed by atoms with Gasteiger partial charge in [-0.3, -0.25) is 0 Å². The van der Waals surface area contributed by atoms with E-state index in [1.165, 1.54) is 0 Å². The summed E-state index contributed by atoms with van der Waals surface area (Å²) in [5.74, 6) is 2.61. The van der Waals surface area contributed by atoms with Crippen molar-refractivity contribution in [3.63, 3.8) is 0 Å². The molecule has 0 aliphatic heterocycles. The molecule has 1 atom stereocenters. The summed E-state index contributed by atoms with van der Waals surface area (Å²) < 4.78 is 6.38. The molecule has 0 spiro atoms. The molecular weight excluding hydrogens is 316 g/mol. The minimum atomic E-state index is 0.118. The molecule has 18 heavy (non-hydrogen) atoms. The molecule has 0 amide bonds. The maximum Gasteiger partial charge on any atom is 0.140 e. The Morgan fingerprint density at radius 1 is 1.39 bits per heavy atom. The molecule has 0 aromatic carbocycles. The second-order valence-corrected chi connectivity index (χ2v) is 5.51. The van der Waals surface area contributed by atoms with Crippen LogP contribution < -0.4 is 5.32 Å². The molecule has 1 N–H and O–H groups in total. The number of hydrogen-bond acceptors (Lipinski definition) is 3. The molecule has 2 aromatic heterocycles. The largest absolute Gasteiger partial charge is 0.466 e. The second kappa shape index (κ2) is 5.33. The third-order valence-corrected chi connectivity index (χ3v) is 3.52. The summed E-state index contributed by atoms with van der Waals surface area (Å²) in [6.45, 7) is 5.98. The number of pyridine rings is 1. The molecule has 0 radical (unpaired) electrons. The van der Waals surface area contributed by atoms with Crippen LogP contribution in [0.25, 0.3) is 0 Å². The van der Waals surface area contributed by atoms with Crippen LogP contribution in [0, 0.1) is 13.8 Å². The smallest absolute Gasteiger partial charge is 0.140 e. The van der Waals surface area contributed by atoms with Gasteiger partial charge in [0, 0.05) is 11.8 Å². The van der Waals surface area contributed by atoms with Crippen LogP contribution in [-0.2, 0) is 0 Å². The summed E-state index contributed by atoms with van der Waals surface area (Å²) >= 11 is 9.30. The van der Waals surface area contributed by atoms with Crippen LogP contribution in [0.4, 0.5) is 5.82 Å². The maximum absolute atomic E-state index is 5.86. The van der Waals surface area contributed by atoms with Crippen LogP contribution in [0.2, 0.25) is 5.02 Å². The van der Waals surface area contributed by atoms with Crippen molar-refractivity contribution in [2.75, 3.05) is 5.32 Å². The third-order valence-electron chi connectivity index (χ3n) is 2.71. The number of aryl methyl sites for hydroxylation is 2. The highest BCUT2D eigenvalue weighted by Crippen LogP contribution is 2.28. The van der Waals surface area contributed by atoms with Gasteiger partial charge in [0.25, 0.3) is 0 Å². The van der Waals surface area contributed by atoms with E-state index in [9.17, 15) is 0 Å². The average Bonchev–Trinajstić information content (AvgIpc) is 2.62. The normalized spacial score (nSPS) is 12.5. The van der Waals surface area contributed by atoms with Crippen LogP contribution in [0.1, 0.15) is 30.0 Å². The van der Waals surface area contributed by atoms with E-state index in [2.05, 4.69) is 33.2 Å². The summed E-state index contributed by atoms with van der Waals surface area (Å²) in [6.07, 6.45) is 1.62. The molecule has 0 fully saturated rings. The Balaban J connectivity index is 2.21. The van der Waals surface area contributed by atoms with Crippen molar-refractivity contribution in [1.82, 2.24) is 4.98 Å². The number of halogens is 2. The average molecular weight is 330 g/mol. The Hall–Kier alpha value is -1.00. The fourth-order valence-corrected chi connectivity index (χ4v) is 2.64. The van der Waals surface area contributed by atoms with Crippen molar-refractivity contribution in [2.45, 2.75) is 26.8 Å². The lowest BCUT2D eigenvalue weighted by Crippen LogP contribution is -2.08. The molecule has 0 aliphatic rings. The molecule has 0 saturated carbocycles. The minimum absolute atomic E-state index is 0.118. The van der Waals surface area contributed by atoms with Gasteiger partial charge in [0.05, 0.1) is 15.5 Å². The highest BCUT2D eigenvalue weighted by molar-refractivity contribution is 9.10. The summed E-state index contributed by atoms with van der Waals surface area (Å²) in [5, 5.41) is 3.94. The summed E-state index contributed by atoms with van der Waals surface area (Å²) in [5.41, 5.74) is 1.14. The molecule has 0 aliphatic carbocycles. The number of anilines is 1. The first-order valence-corrected chi connectivity index (χ1v) is 6.79. The predicted molar refractivity (Wildman–Crippen MR) is 77.2 cm³/mol. The van der Waals surface area contributed by atoms with Gasteiger partial charge in [0.1, 0.15) is 17.3 Å². The number of furan rings is 1. The Morgan fingerprint density at radius 3 is 2.67 bits per heavy atom. The molecular formula is C13H14BrClN2O. The van der Waals surface area contributed by atoms with E-state index in [1.54, 1.807) is 6.20 Å². The van der Waals surface area contributed by atoms with Gasteiger partial charge < -0.3 is 9.73 Å². The lowest BCUT2D eigenvalue weighted by atomic mass is 10.1. The van der Waals surface area contributed by atoms with E-state index in [1.807, 2.05) is 26.0 Å². The zero-order chi connectivity index (χ0) is 13.3. The highest BCUT2D eigenvalue weighted by atomic mass is 79.9. The summed E-state index contributed by atoms with van der Waals surface area (Å²) in [6, 6.07) is 3.97. The number of nitrogens with zero attached hydrogens (tertiary/aromatic N) is 1. The van der Waals surface area contributed by atoms with E-state index in [0.717, 1.165) is 27.4 Å². The number of aromatic nitrogens is 1. The Labute approximate surface area is 120 Å². The first-order valence-electron chi connectivity index (χ1n) is 5.62. The lowest BCUT2D eigenvalue weighted by molar-refractivity contribution is 0.499. The maximum atomic E-state index is 5.86. The van der Waals surface area contributed by atoms with E-state index in [4.69, 9.17) is 16.0 Å². The number of nitrogens with one attached hydrogen (secondary N) is 1. The van der Waals surface area contributed by atoms with Gasteiger partial charge >= 0.3 is 0 Å². The van der Waals surface area contributed by atoms with Crippen molar-refractivity contribution in [3.8, 4) is 0 Å². The topological polar surface area (TPSA) is 38.1 Å². The highest BCUT2D eigenvalue weighted by Gasteiger charge is 2.14. The SMILES string of the molecule is Cc1cc(C(C)Nc2ncc(Cl)cc2Br)c(C)o1. The van der Waals surface area contributed by atoms with Crippen molar-refractivity contribution in [2.24, 2.45) is 0 Å². The molecule has 2 heterocycles. The number of hydrogen-bond donors (Lipinski definition) is 1. The molecule has 3 nitrogen and oxygen atoms in total. The summed E-state index contributed by atoms with van der Waals surface area (Å²) in [4.78, 5) is 4.26. The van der Waals surface area contributed by atoms with Crippen LogP contribution in [0.5, 0.6) is 0 Å². The molecule has 2 rings (SSSR count). The van der Waals surface area contributed by atoms with Gasteiger partial charge in [0.2, 0.25) is 0 Å². The van der Waals surface area contributed by atoms with Gasteiger partial charge in [-0.2, -0.15) is 0 Å². The minimum Gasteiger partial charge on any atom is -0.466 e. The predicted octanol–water partition coefficient (Wildman–Crippen LogP) is 4.88. The zero-order valence-corrected chi connectivity index (χ0v) is 12.8.